The molecular weight excluding hydrogens is 178 g/mol. The van der Waals surface area contributed by atoms with Gasteiger partial charge >= 0.3 is 0 Å². The molecule has 0 atom stereocenters. The highest BCUT2D eigenvalue weighted by molar-refractivity contribution is 5.64. The summed E-state index contributed by atoms with van der Waals surface area (Å²) in [6, 6.07) is 4.38. The number of aliphatic hydroxyl groups is 1. The third-order valence-electron chi connectivity index (χ3n) is 2.45. The molecule has 1 aromatic heterocycles. The van der Waals surface area contributed by atoms with Gasteiger partial charge in [0.1, 0.15) is 5.82 Å². The quantitative estimate of drug-likeness (QED) is 0.736. The molecule has 1 aliphatic carbocycles. The van der Waals surface area contributed by atoms with Crippen molar-refractivity contribution in [3.05, 3.63) is 18.3 Å². The third-order valence-corrected chi connectivity index (χ3v) is 2.45. The van der Waals surface area contributed by atoms with Crippen LogP contribution in [0.2, 0.25) is 0 Å². The highest BCUT2D eigenvalue weighted by atomic mass is 16.3. The molecule has 76 valence electrons. The summed E-state index contributed by atoms with van der Waals surface area (Å²) < 4.78 is 0. The maximum Gasteiger partial charge on any atom is 0.146 e. The first-order valence-electron chi connectivity index (χ1n) is 4.91. The maximum absolute atomic E-state index is 8.96. The van der Waals surface area contributed by atoms with Crippen LogP contribution in [0.15, 0.2) is 18.3 Å². The van der Waals surface area contributed by atoms with Crippen molar-refractivity contribution in [1.29, 1.82) is 0 Å². The number of aromatic nitrogens is 1. The fourth-order valence-electron chi connectivity index (χ4n) is 1.65. The smallest absolute Gasteiger partial charge is 0.146 e. The van der Waals surface area contributed by atoms with Gasteiger partial charge in [0.05, 0.1) is 12.3 Å². The second kappa shape index (κ2) is 3.84. The Bertz CT molecular complexity index is 312. The van der Waals surface area contributed by atoms with Gasteiger partial charge in [-0.05, 0) is 25.0 Å². The first-order chi connectivity index (χ1) is 6.83. The zero-order chi connectivity index (χ0) is 9.97. The van der Waals surface area contributed by atoms with Crippen LogP contribution in [0.5, 0.6) is 0 Å². The Balaban J connectivity index is 2.21. The molecule has 0 unspecified atom stereocenters. The largest absolute Gasteiger partial charge is 0.395 e. The monoisotopic (exact) mass is 193 g/mol. The van der Waals surface area contributed by atoms with Crippen LogP contribution < -0.4 is 10.6 Å². The lowest BCUT2D eigenvalue weighted by Gasteiger charge is -2.24. The number of hydrogen-bond donors (Lipinski definition) is 2. The average molecular weight is 193 g/mol. The minimum Gasteiger partial charge on any atom is -0.395 e. The van der Waals surface area contributed by atoms with Gasteiger partial charge in [0, 0.05) is 18.8 Å². The summed E-state index contributed by atoms with van der Waals surface area (Å²) in [6.07, 6.45) is 4.06. The second-order valence-electron chi connectivity index (χ2n) is 3.56. The number of anilines is 2. The van der Waals surface area contributed by atoms with Gasteiger partial charge in [0.15, 0.2) is 0 Å². The second-order valence-corrected chi connectivity index (χ2v) is 3.56. The summed E-state index contributed by atoms with van der Waals surface area (Å²) >= 11 is 0. The Hall–Kier alpha value is -1.29. The van der Waals surface area contributed by atoms with Crippen LogP contribution >= 0.6 is 0 Å². The number of rotatable bonds is 4. The predicted octanol–water partition coefficient (Wildman–Crippen LogP) is 0.625. The zero-order valence-corrected chi connectivity index (χ0v) is 8.06. The van der Waals surface area contributed by atoms with Crippen molar-refractivity contribution < 1.29 is 5.11 Å². The van der Waals surface area contributed by atoms with E-state index in [9.17, 15) is 0 Å². The number of nitrogens with two attached hydrogens (primary N) is 1. The Morgan fingerprint density at radius 1 is 1.57 bits per heavy atom. The topological polar surface area (TPSA) is 62.4 Å². The molecule has 1 saturated carbocycles. The van der Waals surface area contributed by atoms with Crippen molar-refractivity contribution in [2.24, 2.45) is 0 Å². The first kappa shape index (κ1) is 9.27. The van der Waals surface area contributed by atoms with Gasteiger partial charge in [-0.3, -0.25) is 0 Å². The zero-order valence-electron chi connectivity index (χ0n) is 8.06. The summed E-state index contributed by atoms with van der Waals surface area (Å²) in [5, 5.41) is 8.96. The van der Waals surface area contributed by atoms with E-state index in [2.05, 4.69) is 9.88 Å². The first-order valence-corrected chi connectivity index (χ1v) is 4.91. The number of nitrogen functional groups attached to an aromatic ring is 1. The molecule has 0 saturated heterocycles. The van der Waals surface area contributed by atoms with Gasteiger partial charge in [-0.25, -0.2) is 4.98 Å². The summed E-state index contributed by atoms with van der Waals surface area (Å²) in [4.78, 5) is 6.19. The van der Waals surface area contributed by atoms with Gasteiger partial charge in [-0.2, -0.15) is 0 Å². The van der Waals surface area contributed by atoms with E-state index in [1.165, 1.54) is 12.8 Å². The molecule has 0 radical (unpaired) electrons. The van der Waals surface area contributed by atoms with E-state index in [1.54, 1.807) is 6.20 Å². The lowest BCUT2D eigenvalue weighted by molar-refractivity contribution is 0.301. The number of aliphatic hydroxyl groups excluding tert-OH is 1. The van der Waals surface area contributed by atoms with Crippen LogP contribution in [-0.4, -0.2) is 29.3 Å². The van der Waals surface area contributed by atoms with Crippen LogP contribution in [0.25, 0.3) is 0 Å². The number of hydrogen-bond acceptors (Lipinski definition) is 4. The fourth-order valence-corrected chi connectivity index (χ4v) is 1.65. The van der Waals surface area contributed by atoms with Crippen LogP contribution in [0.3, 0.4) is 0 Å². The molecule has 1 heterocycles. The molecule has 0 bridgehead atoms. The van der Waals surface area contributed by atoms with Crippen LogP contribution in [0.4, 0.5) is 11.5 Å². The summed E-state index contributed by atoms with van der Waals surface area (Å²) in [6.45, 7) is 0.797. The minimum atomic E-state index is 0.158. The Morgan fingerprint density at radius 2 is 2.36 bits per heavy atom. The van der Waals surface area contributed by atoms with Gasteiger partial charge in [-0.15, -0.1) is 0 Å². The standard InChI is InChI=1S/C10H15N3O/c11-10-9(2-1-5-12-10)13(6-7-14)8-3-4-8/h1-2,5,8,14H,3-4,6-7H2,(H2,11,12). The minimum absolute atomic E-state index is 0.158. The highest BCUT2D eigenvalue weighted by Gasteiger charge is 2.29. The molecule has 3 N–H and O–H groups in total. The van der Waals surface area contributed by atoms with Crippen LogP contribution in [0, 0.1) is 0 Å². The molecule has 0 spiro atoms. The predicted molar refractivity (Wildman–Crippen MR) is 56.1 cm³/mol. The molecule has 0 aliphatic heterocycles. The normalized spacial score (nSPS) is 15.5. The molecule has 2 rings (SSSR count). The molecule has 0 amide bonds. The lowest BCUT2D eigenvalue weighted by Crippen LogP contribution is -2.29. The van der Waals surface area contributed by atoms with E-state index in [4.69, 9.17) is 10.8 Å². The lowest BCUT2D eigenvalue weighted by atomic mass is 10.3. The van der Waals surface area contributed by atoms with Crippen LogP contribution in [-0.2, 0) is 0 Å². The molecule has 4 heteroatoms. The van der Waals surface area contributed by atoms with Crippen molar-refractivity contribution >= 4 is 11.5 Å². The van der Waals surface area contributed by atoms with E-state index in [-0.39, 0.29) is 6.61 Å². The summed E-state index contributed by atoms with van der Waals surface area (Å²) in [7, 11) is 0. The molecule has 0 aromatic carbocycles. The van der Waals surface area contributed by atoms with E-state index < -0.39 is 0 Å². The van der Waals surface area contributed by atoms with Crippen molar-refractivity contribution in [3.8, 4) is 0 Å². The Morgan fingerprint density at radius 3 is 2.93 bits per heavy atom. The van der Waals surface area contributed by atoms with Crippen molar-refractivity contribution in [2.45, 2.75) is 18.9 Å². The third kappa shape index (κ3) is 1.80. The molecule has 14 heavy (non-hydrogen) atoms. The van der Waals surface area contributed by atoms with Crippen molar-refractivity contribution in [1.82, 2.24) is 4.98 Å². The fraction of sp³-hybridized carbons (Fsp3) is 0.500. The van der Waals surface area contributed by atoms with Crippen LogP contribution in [0.1, 0.15) is 12.8 Å². The van der Waals surface area contributed by atoms with E-state index in [1.807, 2.05) is 12.1 Å². The maximum atomic E-state index is 8.96. The summed E-state index contributed by atoms with van der Waals surface area (Å²) in [5.41, 5.74) is 6.73. The van der Waals surface area contributed by atoms with Crippen molar-refractivity contribution in [2.75, 3.05) is 23.8 Å². The van der Waals surface area contributed by atoms with Gasteiger partial charge in [0.25, 0.3) is 0 Å². The van der Waals surface area contributed by atoms with E-state index in [0.717, 1.165) is 5.69 Å². The van der Waals surface area contributed by atoms with E-state index in [0.29, 0.717) is 18.4 Å². The SMILES string of the molecule is Nc1ncccc1N(CCO)C1CC1. The molecular formula is C10H15N3O. The van der Waals surface area contributed by atoms with Gasteiger partial charge < -0.3 is 15.7 Å². The number of nitrogens with zero attached hydrogens (tertiary/aromatic N) is 2. The van der Waals surface area contributed by atoms with E-state index >= 15 is 0 Å². The van der Waals surface area contributed by atoms with Gasteiger partial charge in [-0.1, -0.05) is 0 Å². The molecule has 4 nitrogen and oxygen atoms in total. The van der Waals surface area contributed by atoms with Gasteiger partial charge in [0.2, 0.25) is 0 Å². The average Bonchev–Trinajstić information content (AvgIpc) is 2.99. The highest BCUT2D eigenvalue weighted by Crippen LogP contribution is 2.33. The molecule has 1 aromatic rings. The Labute approximate surface area is 83.4 Å². The Kier molecular flexibility index (Phi) is 2.54. The summed E-state index contributed by atoms with van der Waals surface area (Å²) in [5.74, 6) is 0.549. The molecule has 1 fully saturated rings. The molecule has 1 aliphatic rings. The number of pyridine rings is 1. The van der Waals surface area contributed by atoms with Crippen molar-refractivity contribution in [3.63, 3.8) is 0 Å².